The summed E-state index contributed by atoms with van der Waals surface area (Å²) in [5.74, 6) is 0.498. The predicted octanol–water partition coefficient (Wildman–Crippen LogP) is 2.49. The number of oxime groups is 1. The van der Waals surface area contributed by atoms with Crippen molar-refractivity contribution in [1.29, 1.82) is 0 Å². The summed E-state index contributed by atoms with van der Waals surface area (Å²) in [6, 6.07) is 11.1. The Morgan fingerprint density at radius 3 is 2.70 bits per heavy atom. The number of β-amino-alcohol motifs (C(OH)–C–C–N with tert-alkyl or cyclic N) is 1. The Kier molecular flexibility index (Phi) is 5.27. The van der Waals surface area contributed by atoms with Gasteiger partial charge in [0.15, 0.2) is 5.84 Å². The molecule has 30 heavy (non-hydrogen) atoms. The molecule has 8 heteroatoms. The van der Waals surface area contributed by atoms with E-state index in [1.165, 1.54) is 0 Å². The molecule has 2 aliphatic rings. The lowest BCUT2D eigenvalue weighted by Crippen LogP contribution is -2.50. The highest BCUT2D eigenvalue weighted by Gasteiger charge is 2.46. The molecule has 0 saturated carbocycles. The van der Waals surface area contributed by atoms with Gasteiger partial charge in [0.1, 0.15) is 11.7 Å². The lowest BCUT2D eigenvalue weighted by Gasteiger charge is -2.30. The third-order valence-electron chi connectivity index (χ3n) is 5.78. The molecule has 2 aromatic rings. The fraction of sp³-hybridized carbons (Fsp3) is 0.500. The van der Waals surface area contributed by atoms with E-state index < -0.39 is 23.8 Å². The number of amidine groups is 1. The molecule has 4 rings (SSSR count). The van der Waals surface area contributed by atoms with E-state index in [1.54, 1.807) is 11.0 Å². The van der Waals surface area contributed by atoms with Crippen LogP contribution in [0.1, 0.15) is 50.1 Å². The Bertz CT molecular complexity index is 942. The maximum Gasteiger partial charge on any atom is 0.234 e. The molecule has 0 bridgehead atoms. The average Bonchev–Trinajstić information content (AvgIpc) is 3.41. The molecule has 1 amide bonds. The smallest absolute Gasteiger partial charge is 0.234 e. The SMILES string of the molecule is Cc1cc([C@@H](C(=O)N2C[C@H](O)CC2C2=NOC(C)(c3ccccc3)N2)C(C)C)on1. The van der Waals surface area contributed by atoms with Crippen LogP contribution in [0.4, 0.5) is 0 Å². The number of benzene rings is 1. The number of nitrogens with zero attached hydrogens (tertiary/aromatic N) is 3. The standard InChI is InChI=1S/C22H28N4O4/c1-13(2)19(18-10-14(3)24-29-18)21(28)26-12-16(27)11-17(26)20-23-22(4,30-25-20)15-8-6-5-7-9-15/h5-10,13,16-17,19,27H,11-12H2,1-4H3,(H,23,25)/t16-,17?,19+,22?/m1/s1. The van der Waals surface area contributed by atoms with Crippen LogP contribution in [-0.2, 0) is 15.4 Å². The minimum Gasteiger partial charge on any atom is -0.391 e. The van der Waals surface area contributed by atoms with Crippen molar-refractivity contribution in [2.24, 2.45) is 11.1 Å². The minimum absolute atomic E-state index is 0.00699. The zero-order valence-electron chi connectivity index (χ0n) is 17.7. The zero-order valence-corrected chi connectivity index (χ0v) is 17.7. The van der Waals surface area contributed by atoms with Crippen LogP contribution in [0, 0.1) is 12.8 Å². The number of hydrogen-bond donors (Lipinski definition) is 2. The molecule has 160 valence electrons. The molecule has 2 aliphatic heterocycles. The second-order valence-electron chi connectivity index (χ2n) is 8.58. The van der Waals surface area contributed by atoms with E-state index in [2.05, 4.69) is 15.6 Å². The van der Waals surface area contributed by atoms with Crippen LogP contribution in [0.2, 0.25) is 0 Å². The van der Waals surface area contributed by atoms with Gasteiger partial charge < -0.3 is 24.7 Å². The van der Waals surface area contributed by atoms with Gasteiger partial charge in [0.2, 0.25) is 11.6 Å². The number of aliphatic hydroxyl groups is 1. The summed E-state index contributed by atoms with van der Waals surface area (Å²) in [4.78, 5) is 21.0. The lowest BCUT2D eigenvalue weighted by molar-refractivity contribution is -0.134. The first-order chi connectivity index (χ1) is 14.3. The Labute approximate surface area is 175 Å². The van der Waals surface area contributed by atoms with Gasteiger partial charge in [-0.2, -0.15) is 0 Å². The van der Waals surface area contributed by atoms with Crippen LogP contribution in [0.3, 0.4) is 0 Å². The highest BCUT2D eigenvalue weighted by Crippen LogP contribution is 2.33. The second-order valence-corrected chi connectivity index (χ2v) is 8.58. The highest BCUT2D eigenvalue weighted by molar-refractivity contribution is 5.94. The third-order valence-corrected chi connectivity index (χ3v) is 5.78. The molecule has 2 N–H and O–H groups in total. The fourth-order valence-corrected chi connectivity index (χ4v) is 4.22. The average molecular weight is 412 g/mol. The molecule has 1 fully saturated rings. The molecule has 0 aliphatic carbocycles. The van der Waals surface area contributed by atoms with Crippen molar-refractivity contribution in [3.8, 4) is 0 Å². The van der Waals surface area contributed by atoms with E-state index in [4.69, 9.17) is 9.36 Å². The second kappa shape index (κ2) is 7.75. The molecule has 3 heterocycles. The van der Waals surface area contributed by atoms with Gasteiger partial charge in [-0.05, 0) is 12.8 Å². The molecule has 0 radical (unpaired) electrons. The summed E-state index contributed by atoms with van der Waals surface area (Å²) in [6.45, 7) is 7.91. The van der Waals surface area contributed by atoms with E-state index in [0.29, 0.717) is 18.0 Å². The molecule has 2 unspecified atom stereocenters. The first-order valence-electron chi connectivity index (χ1n) is 10.3. The Balaban J connectivity index is 1.57. The Morgan fingerprint density at radius 2 is 2.07 bits per heavy atom. The van der Waals surface area contributed by atoms with Crippen molar-refractivity contribution in [3.63, 3.8) is 0 Å². The molecule has 1 aromatic carbocycles. The molecule has 1 aromatic heterocycles. The van der Waals surface area contributed by atoms with Gasteiger partial charge in [-0.1, -0.05) is 54.5 Å². The minimum atomic E-state index is -0.821. The number of amides is 1. The van der Waals surface area contributed by atoms with E-state index >= 15 is 0 Å². The van der Waals surface area contributed by atoms with Crippen molar-refractivity contribution in [2.75, 3.05) is 6.54 Å². The van der Waals surface area contributed by atoms with Crippen LogP contribution >= 0.6 is 0 Å². The number of aliphatic hydroxyl groups excluding tert-OH is 1. The Hall–Kier alpha value is -2.87. The van der Waals surface area contributed by atoms with Crippen LogP contribution in [0.15, 0.2) is 46.1 Å². The quantitative estimate of drug-likeness (QED) is 0.783. The summed E-state index contributed by atoms with van der Waals surface area (Å²) in [5, 5.41) is 21.9. The molecular weight excluding hydrogens is 384 g/mol. The van der Waals surface area contributed by atoms with Gasteiger partial charge in [-0.15, -0.1) is 0 Å². The van der Waals surface area contributed by atoms with Crippen LogP contribution in [0.25, 0.3) is 0 Å². The van der Waals surface area contributed by atoms with Gasteiger partial charge >= 0.3 is 0 Å². The number of likely N-dealkylation sites (tertiary alicyclic amines) is 1. The van der Waals surface area contributed by atoms with Gasteiger partial charge in [0, 0.05) is 31.5 Å². The maximum absolute atomic E-state index is 13.5. The molecular formula is C22H28N4O4. The number of carbonyl (C=O) groups excluding carboxylic acids is 1. The normalized spacial score (nSPS) is 27.0. The first kappa shape index (κ1) is 20.4. The monoisotopic (exact) mass is 412 g/mol. The van der Waals surface area contributed by atoms with Gasteiger partial charge in [0.05, 0.1) is 17.8 Å². The number of nitrogens with one attached hydrogen (secondary N) is 1. The number of rotatable bonds is 5. The predicted molar refractivity (Wildman–Crippen MR) is 110 cm³/mol. The number of hydrogen-bond acceptors (Lipinski definition) is 7. The third kappa shape index (κ3) is 3.67. The summed E-state index contributed by atoms with van der Waals surface area (Å²) in [7, 11) is 0. The van der Waals surface area contributed by atoms with E-state index in [0.717, 1.165) is 11.3 Å². The lowest BCUT2D eigenvalue weighted by atomic mass is 9.91. The van der Waals surface area contributed by atoms with Crippen molar-refractivity contribution < 1.29 is 19.3 Å². The fourth-order valence-electron chi connectivity index (χ4n) is 4.22. The van der Waals surface area contributed by atoms with E-state index in [9.17, 15) is 9.90 Å². The van der Waals surface area contributed by atoms with Crippen molar-refractivity contribution >= 4 is 11.7 Å². The van der Waals surface area contributed by atoms with Gasteiger partial charge in [-0.25, -0.2) is 0 Å². The molecule has 1 saturated heterocycles. The topological polar surface area (TPSA) is 100 Å². The summed E-state index contributed by atoms with van der Waals surface area (Å²) >= 11 is 0. The summed E-state index contributed by atoms with van der Waals surface area (Å²) < 4.78 is 5.42. The van der Waals surface area contributed by atoms with Crippen LogP contribution < -0.4 is 5.32 Å². The van der Waals surface area contributed by atoms with Gasteiger partial charge in [0.25, 0.3) is 0 Å². The van der Waals surface area contributed by atoms with Crippen LogP contribution in [-0.4, -0.2) is 45.6 Å². The van der Waals surface area contributed by atoms with E-state index in [-0.39, 0.29) is 18.4 Å². The first-order valence-corrected chi connectivity index (χ1v) is 10.3. The molecule has 0 spiro atoms. The number of aryl methyl sites for hydroxylation is 1. The van der Waals surface area contributed by atoms with Crippen LogP contribution in [0.5, 0.6) is 0 Å². The summed E-state index contributed by atoms with van der Waals surface area (Å²) in [5.41, 5.74) is 0.839. The molecule has 4 atom stereocenters. The zero-order chi connectivity index (χ0) is 21.5. The maximum atomic E-state index is 13.5. The highest BCUT2D eigenvalue weighted by atomic mass is 16.7. The molecule has 8 nitrogen and oxygen atoms in total. The van der Waals surface area contributed by atoms with E-state index in [1.807, 2.05) is 58.0 Å². The largest absolute Gasteiger partial charge is 0.391 e. The Morgan fingerprint density at radius 1 is 1.33 bits per heavy atom. The van der Waals surface area contributed by atoms with Crippen molar-refractivity contribution in [3.05, 3.63) is 53.4 Å². The summed E-state index contributed by atoms with van der Waals surface area (Å²) in [6.07, 6.45) is -0.234. The van der Waals surface area contributed by atoms with Crippen molar-refractivity contribution in [2.45, 2.75) is 57.9 Å². The number of aromatic nitrogens is 1. The number of carbonyl (C=O) groups is 1. The van der Waals surface area contributed by atoms with Crippen molar-refractivity contribution in [1.82, 2.24) is 15.4 Å². The van der Waals surface area contributed by atoms with Gasteiger partial charge in [-0.3, -0.25) is 4.79 Å².